The third kappa shape index (κ3) is 4.00. The second-order valence-corrected chi connectivity index (χ2v) is 5.72. The number of nitrogens with zero attached hydrogens (tertiary/aromatic N) is 1. The van der Waals surface area contributed by atoms with E-state index in [4.69, 9.17) is 10.5 Å². The molecule has 4 nitrogen and oxygen atoms in total. The van der Waals surface area contributed by atoms with Crippen LogP contribution in [0.5, 0.6) is 0 Å². The van der Waals surface area contributed by atoms with Crippen LogP contribution in [0.3, 0.4) is 0 Å². The molecule has 0 aromatic carbocycles. The molecule has 0 saturated heterocycles. The van der Waals surface area contributed by atoms with Crippen molar-refractivity contribution in [2.45, 2.75) is 51.7 Å². The van der Waals surface area contributed by atoms with Gasteiger partial charge in [0, 0.05) is 19.6 Å². The monoisotopic (exact) mass is 228 g/mol. The summed E-state index contributed by atoms with van der Waals surface area (Å²) in [6.45, 7) is 6.33. The van der Waals surface area contributed by atoms with Crippen LogP contribution in [0, 0.1) is 5.92 Å². The Bertz CT molecular complexity index is 248. The molecule has 0 spiro atoms. The van der Waals surface area contributed by atoms with Gasteiger partial charge in [-0.15, -0.1) is 0 Å². The molecule has 94 valence electrons. The molecule has 0 aromatic rings. The fourth-order valence-electron chi connectivity index (χ4n) is 2.06. The highest BCUT2D eigenvalue weighted by Gasteiger charge is 2.28. The van der Waals surface area contributed by atoms with E-state index in [1.165, 1.54) is 6.42 Å². The Labute approximate surface area is 98.1 Å². The minimum atomic E-state index is -0.427. The van der Waals surface area contributed by atoms with Crippen molar-refractivity contribution in [3.05, 3.63) is 0 Å². The molecule has 1 rings (SSSR count). The molecule has 0 unspecified atom stereocenters. The Morgan fingerprint density at radius 1 is 1.44 bits per heavy atom. The number of amides is 1. The Hall–Kier alpha value is -0.770. The second kappa shape index (κ2) is 5.04. The molecule has 4 heteroatoms. The number of hydrogen-bond acceptors (Lipinski definition) is 3. The largest absolute Gasteiger partial charge is 0.444 e. The van der Waals surface area contributed by atoms with Crippen molar-refractivity contribution in [2.24, 2.45) is 11.7 Å². The Kier molecular flexibility index (Phi) is 4.19. The van der Waals surface area contributed by atoms with Crippen LogP contribution in [-0.4, -0.2) is 36.2 Å². The predicted octanol–water partition coefficient (Wildman–Crippen LogP) is 1.98. The first-order valence-electron chi connectivity index (χ1n) is 5.99. The van der Waals surface area contributed by atoms with Gasteiger partial charge in [-0.1, -0.05) is 6.42 Å². The summed E-state index contributed by atoms with van der Waals surface area (Å²) in [6, 6.07) is 0.241. The summed E-state index contributed by atoms with van der Waals surface area (Å²) in [5, 5.41) is 0. The van der Waals surface area contributed by atoms with Crippen LogP contribution in [0.4, 0.5) is 4.79 Å². The fourth-order valence-corrected chi connectivity index (χ4v) is 2.06. The summed E-state index contributed by atoms with van der Waals surface area (Å²) in [4.78, 5) is 13.4. The van der Waals surface area contributed by atoms with Gasteiger partial charge in [0.1, 0.15) is 5.60 Å². The first-order valence-corrected chi connectivity index (χ1v) is 5.99. The average molecular weight is 228 g/mol. The number of hydrogen-bond donors (Lipinski definition) is 1. The quantitative estimate of drug-likeness (QED) is 0.786. The summed E-state index contributed by atoms with van der Waals surface area (Å²) in [5.74, 6) is 0.428. The van der Waals surface area contributed by atoms with Gasteiger partial charge in [-0.2, -0.15) is 0 Å². The van der Waals surface area contributed by atoms with Gasteiger partial charge < -0.3 is 15.4 Å². The zero-order valence-corrected chi connectivity index (χ0v) is 10.8. The molecule has 2 N–H and O–H groups in total. The molecule has 0 bridgehead atoms. The lowest BCUT2D eigenvalue weighted by Gasteiger charge is -2.27. The lowest BCUT2D eigenvalue weighted by Crippen LogP contribution is -2.40. The average Bonchev–Trinajstić information content (AvgIpc) is 2.49. The molecule has 0 aromatic heterocycles. The third-order valence-corrected chi connectivity index (χ3v) is 2.93. The molecular weight excluding hydrogens is 204 g/mol. The molecule has 1 fully saturated rings. The molecule has 2 atom stereocenters. The Morgan fingerprint density at radius 3 is 2.50 bits per heavy atom. The van der Waals surface area contributed by atoms with Crippen LogP contribution < -0.4 is 5.73 Å². The van der Waals surface area contributed by atoms with E-state index in [-0.39, 0.29) is 12.1 Å². The lowest BCUT2D eigenvalue weighted by atomic mass is 10.0. The molecule has 1 aliphatic carbocycles. The first kappa shape index (κ1) is 13.3. The van der Waals surface area contributed by atoms with Crippen molar-refractivity contribution < 1.29 is 9.53 Å². The van der Waals surface area contributed by atoms with Crippen LogP contribution in [-0.2, 0) is 4.74 Å². The highest BCUT2D eigenvalue weighted by molar-refractivity contribution is 5.67. The van der Waals surface area contributed by atoms with E-state index in [9.17, 15) is 4.79 Å². The molecule has 1 aliphatic rings. The minimum absolute atomic E-state index is 0.241. The van der Waals surface area contributed by atoms with Crippen molar-refractivity contribution in [1.82, 2.24) is 4.90 Å². The lowest BCUT2D eigenvalue weighted by molar-refractivity contribution is 0.0271. The smallest absolute Gasteiger partial charge is 0.410 e. The van der Waals surface area contributed by atoms with Gasteiger partial charge in [-0.3, -0.25) is 0 Å². The predicted molar refractivity (Wildman–Crippen MR) is 64.2 cm³/mol. The third-order valence-electron chi connectivity index (χ3n) is 2.93. The highest BCUT2D eigenvalue weighted by Crippen LogP contribution is 2.24. The summed E-state index contributed by atoms with van der Waals surface area (Å²) in [6.07, 6.45) is 3.11. The van der Waals surface area contributed by atoms with E-state index in [1.54, 1.807) is 11.9 Å². The van der Waals surface area contributed by atoms with E-state index in [0.717, 1.165) is 12.8 Å². The minimum Gasteiger partial charge on any atom is -0.444 e. The molecule has 0 heterocycles. The van der Waals surface area contributed by atoms with Crippen molar-refractivity contribution >= 4 is 6.09 Å². The summed E-state index contributed by atoms with van der Waals surface area (Å²) in [7, 11) is 1.78. The second-order valence-electron chi connectivity index (χ2n) is 5.72. The van der Waals surface area contributed by atoms with Gasteiger partial charge >= 0.3 is 6.09 Å². The molecule has 0 aliphatic heterocycles. The van der Waals surface area contributed by atoms with Gasteiger partial charge in [0.25, 0.3) is 0 Å². The van der Waals surface area contributed by atoms with Crippen LogP contribution >= 0.6 is 0 Å². The molecule has 0 radical (unpaired) electrons. The normalized spacial score (nSPS) is 25.6. The van der Waals surface area contributed by atoms with E-state index in [2.05, 4.69) is 0 Å². The maximum absolute atomic E-state index is 11.7. The SMILES string of the molecule is CN(C[C@@H]1CCC[C@@H]1N)C(=O)OC(C)(C)C. The zero-order chi connectivity index (χ0) is 12.3. The zero-order valence-electron chi connectivity index (χ0n) is 10.8. The molecule has 16 heavy (non-hydrogen) atoms. The van der Waals surface area contributed by atoms with Gasteiger partial charge in [-0.05, 0) is 39.5 Å². The van der Waals surface area contributed by atoms with Crippen molar-refractivity contribution in [1.29, 1.82) is 0 Å². The first-order chi connectivity index (χ1) is 7.29. The van der Waals surface area contributed by atoms with Crippen molar-refractivity contribution in [3.8, 4) is 0 Å². The van der Waals surface area contributed by atoms with Gasteiger partial charge in [0.15, 0.2) is 0 Å². The number of carbonyl (C=O) groups excluding carboxylic acids is 1. The number of carbonyl (C=O) groups is 1. The van der Waals surface area contributed by atoms with Crippen LogP contribution in [0.2, 0.25) is 0 Å². The topological polar surface area (TPSA) is 55.6 Å². The number of ether oxygens (including phenoxy) is 1. The van der Waals surface area contributed by atoms with E-state index in [0.29, 0.717) is 12.5 Å². The number of nitrogens with two attached hydrogens (primary N) is 1. The van der Waals surface area contributed by atoms with E-state index in [1.807, 2.05) is 20.8 Å². The van der Waals surface area contributed by atoms with Gasteiger partial charge in [-0.25, -0.2) is 4.79 Å². The summed E-state index contributed by atoms with van der Waals surface area (Å²) >= 11 is 0. The van der Waals surface area contributed by atoms with Gasteiger partial charge in [0.2, 0.25) is 0 Å². The van der Waals surface area contributed by atoms with Crippen LogP contribution in [0.25, 0.3) is 0 Å². The molecule has 1 saturated carbocycles. The van der Waals surface area contributed by atoms with Crippen LogP contribution in [0.15, 0.2) is 0 Å². The standard InChI is InChI=1S/C12H24N2O2/c1-12(2,3)16-11(15)14(4)8-9-6-5-7-10(9)13/h9-10H,5-8,13H2,1-4H3/t9-,10-/m0/s1. The maximum atomic E-state index is 11.7. The van der Waals surface area contributed by atoms with Crippen molar-refractivity contribution in [2.75, 3.05) is 13.6 Å². The Balaban J connectivity index is 2.39. The molecule has 1 amide bonds. The van der Waals surface area contributed by atoms with Crippen LogP contribution in [0.1, 0.15) is 40.0 Å². The molecular formula is C12H24N2O2. The Morgan fingerprint density at radius 2 is 2.06 bits per heavy atom. The fraction of sp³-hybridized carbons (Fsp3) is 0.917. The van der Waals surface area contributed by atoms with Gasteiger partial charge in [0.05, 0.1) is 0 Å². The summed E-state index contributed by atoms with van der Waals surface area (Å²) < 4.78 is 5.29. The van der Waals surface area contributed by atoms with E-state index >= 15 is 0 Å². The number of rotatable bonds is 2. The maximum Gasteiger partial charge on any atom is 0.410 e. The van der Waals surface area contributed by atoms with Crippen molar-refractivity contribution in [3.63, 3.8) is 0 Å². The van der Waals surface area contributed by atoms with E-state index < -0.39 is 5.60 Å². The highest BCUT2D eigenvalue weighted by atomic mass is 16.6. The summed E-state index contributed by atoms with van der Waals surface area (Å²) in [5.41, 5.74) is 5.55.